The zero-order valence-corrected chi connectivity index (χ0v) is 11.9. The molecule has 0 aliphatic carbocycles. The molecule has 0 unspecified atom stereocenters. The number of piperazine rings is 1. The molecule has 1 aliphatic heterocycles. The van der Waals surface area contributed by atoms with Crippen molar-refractivity contribution in [2.24, 2.45) is 0 Å². The maximum absolute atomic E-state index is 13.1. The Morgan fingerprint density at radius 1 is 1.05 bits per heavy atom. The van der Waals surface area contributed by atoms with Crippen LogP contribution in [-0.2, 0) is 0 Å². The summed E-state index contributed by atoms with van der Waals surface area (Å²) in [6.07, 6.45) is 0. The molecule has 0 spiro atoms. The molecule has 2 nitrogen and oxygen atoms in total. The molecule has 1 atom stereocenters. The van der Waals surface area contributed by atoms with Crippen molar-refractivity contribution in [3.8, 4) is 0 Å². The fourth-order valence-corrected chi connectivity index (χ4v) is 2.16. The first-order chi connectivity index (χ1) is 8.20. The highest BCUT2D eigenvalue weighted by atomic mass is 35.5. The average Bonchev–Trinajstić information content (AvgIpc) is 2.30. The highest BCUT2D eigenvalue weighted by Gasteiger charge is 2.22. The van der Waals surface area contributed by atoms with E-state index in [1.165, 1.54) is 12.1 Å². The third-order valence-electron chi connectivity index (χ3n) is 3.01. The van der Waals surface area contributed by atoms with E-state index in [1.54, 1.807) is 0 Å². The van der Waals surface area contributed by atoms with Crippen LogP contribution in [0.3, 0.4) is 0 Å². The number of hydrogen-bond donors (Lipinski definition) is 1. The minimum absolute atomic E-state index is 0. The molecule has 1 aromatic rings. The van der Waals surface area contributed by atoms with Crippen molar-refractivity contribution in [3.63, 3.8) is 0 Å². The van der Waals surface area contributed by atoms with Crippen LogP contribution in [0, 0.1) is 11.6 Å². The number of nitrogens with zero attached hydrogens (tertiary/aromatic N) is 1. The number of alkyl halides is 1. The van der Waals surface area contributed by atoms with Gasteiger partial charge in [0.2, 0.25) is 0 Å². The molecule has 0 amide bonds. The van der Waals surface area contributed by atoms with Gasteiger partial charge in [0.15, 0.2) is 0 Å². The lowest BCUT2D eigenvalue weighted by atomic mass is 10.1. The molecule has 110 valence electrons. The van der Waals surface area contributed by atoms with Crippen LogP contribution in [0.5, 0.6) is 0 Å². The predicted molar refractivity (Wildman–Crippen MR) is 74.0 cm³/mol. The van der Waals surface area contributed by atoms with Crippen molar-refractivity contribution in [3.05, 3.63) is 35.4 Å². The first-order valence-corrected chi connectivity index (χ1v) is 5.67. The maximum Gasteiger partial charge on any atom is 0.126 e. The fraction of sp³-hybridized carbons (Fsp3) is 0.500. The third-order valence-corrected chi connectivity index (χ3v) is 3.01. The van der Waals surface area contributed by atoms with Gasteiger partial charge in [-0.05, 0) is 17.7 Å². The zero-order valence-electron chi connectivity index (χ0n) is 10.2. The molecule has 1 fully saturated rings. The van der Waals surface area contributed by atoms with Gasteiger partial charge >= 0.3 is 0 Å². The SMILES string of the molecule is Cl.Cl.FC[C@@H](c1cc(F)cc(F)c1)N1CCNCC1. The summed E-state index contributed by atoms with van der Waals surface area (Å²) in [6, 6.07) is 2.66. The van der Waals surface area contributed by atoms with E-state index in [0.29, 0.717) is 18.7 Å². The molecule has 0 aromatic heterocycles. The van der Waals surface area contributed by atoms with E-state index in [0.717, 1.165) is 19.2 Å². The monoisotopic (exact) mass is 316 g/mol. The van der Waals surface area contributed by atoms with Gasteiger partial charge in [0.1, 0.15) is 18.3 Å². The van der Waals surface area contributed by atoms with Crippen molar-refractivity contribution in [2.45, 2.75) is 6.04 Å². The van der Waals surface area contributed by atoms with Gasteiger partial charge in [0, 0.05) is 32.2 Å². The van der Waals surface area contributed by atoms with Gasteiger partial charge in [-0.3, -0.25) is 4.90 Å². The van der Waals surface area contributed by atoms with Gasteiger partial charge in [-0.25, -0.2) is 13.2 Å². The van der Waals surface area contributed by atoms with E-state index in [9.17, 15) is 13.2 Å². The molecule has 0 radical (unpaired) electrons. The molecule has 1 aromatic carbocycles. The summed E-state index contributed by atoms with van der Waals surface area (Å²) in [5, 5.41) is 3.16. The van der Waals surface area contributed by atoms with E-state index in [4.69, 9.17) is 0 Å². The van der Waals surface area contributed by atoms with Crippen LogP contribution in [0.2, 0.25) is 0 Å². The summed E-state index contributed by atoms with van der Waals surface area (Å²) in [4.78, 5) is 1.91. The second-order valence-corrected chi connectivity index (χ2v) is 4.16. The third kappa shape index (κ3) is 4.84. The summed E-state index contributed by atoms with van der Waals surface area (Å²) < 4.78 is 39.3. The van der Waals surface area contributed by atoms with Crippen LogP contribution in [0.15, 0.2) is 18.2 Å². The van der Waals surface area contributed by atoms with Gasteiger partial charge in [-0.1, -0.05) is 0 Å². The number of benzene rings is 1. The van der Waals surface area contributed by atoms with Crippen molar-refractivity contribution >= 4 is 24.8 Å². The summed E-state index contributed by atoms with van der Waals surface area (Å²) in [5.41, 5.74) is 0.368. The van der Waals surface area contributed by atoms with Gasteiger partial charge in [0.25, 0.3) is 0 Å². The summed E-state index contributed by atoms with van der Waals surface area (Å²) >= 11 is 0. The highest BCUT2D eigenvalue weighted by molar-refractivity contribution is 5.85. The molecule has 1 saturated heterocycles. The minimum atomic E-state index is -0.659. The number of hydrogen-bond acceptors (Lipinski definition) is 2. The smallest absolute Gasteiger partial charge is 0.126 e. The number of rotatable bonds is 3. The van der Waals surface area contributed by atoms with E-state index in [2.05, 4.69) is 5.32 Å². The lowest BCUT2D eigenvalue weighted by Crippen LogP contribution is -2.45. The highest BCUT2D eigenvalue weighted by Crippen LogP contribution is 2.23. The van der Waals surface area contributed by atoms with Crippen molar-refractivity contribution in [1.29, 1.82) is 0 Å². The quantitative estimate of drug-likeness (QED) is 0.922. The molecule has 7 heteroatoms. The summed E-state index contributed by atoms with van der Waals surface area (Å²) in [5.74, 6) is -1.32. The van der Waals surface area contributed by atoms with Gasteiger partial charge in [-0.2, -0.15) is 0 Å². The number of halogens is 5. The Morgan fingerprint density at radius 2 is 1.58 bits per heavy atom. The lowest BCUT2D eigenvalue weighted by molar-refractivity contribution is 0.147. The van der Waals surface area contributed by atoms with Crippen molar-refractivity contribution < 1.29 is 13.2 Å². The first-order valence-electron chi connectivity index (χ1n) is 5.67. The van der Waals surface area contributed by atoms with Crippen LogP contribution in [0.25, 0.3) is 0 Å². The summed E-state index contributed by atoms with van der Waals surface area (Å²) in [6.45, 7) is 2.28. The molecule has 1 heterocycles. The van der Waals surface area contributed by atoms with Crippen LogP contribution in [0.4, 0.5) is 13.2 Å². The van der Waals surface area contributed by atoms with E-state index in [1.807, 2.05) is 4.90 Å². The lowest BCUT2D eigenvalue weighted by Gasteiger charge is -2.33. The van der Waals surface area contributed by atoms with Crippen molar-refractivity contribution in [1.82, 2.24) is 10.2 Å². The standard InChI is InChI=1S/C12H15F3N2.2ClH/c13-8-12(17-3-1-16-2-4-17)9-5-10(14)7-11(15)6-9;;/h5-7,12,16H,1-4,8H2;2*1H/t12-;;/m0../s1. The predicted octanol–water partition coefficient (Wildman–Crippen LogP) is 2.72. The Labute approximate surface area is 123 Å². The van der Waals surface area contributed by atoms with E-state index < -0.39 is 24.4 Å². The molecular weight excluding hydrogens is 300 g/mol. The molecule has 0 saturated carbocycles. The van der Waals surface area contributed by atoms with Gasteiger partial charge < -0.3 is 5.32 Å². The van der Waals surface area contributed by atoms with Crippen LogP contribution < -0.4 is 5.32 Å². The minimum Gasteiger partial charge on any atom is -0.314 e. The molecule has 2 rings (SSSR count). The second-order valence-electron chi connectivity index (χ2n) is 4.16. The Kier molecular flexibility index (Phi) is 8.41. The molecule has 0 bridgehead atoms. The Balaban J connectivity index is 0.00000162. The molecular formula is C12H17Cl2F3N2. The first kappa shape index (κ1) is 18.5. The van der Waals surface area contributed by atoms with Gasteiger partial charge in [-0.15, -0.1) is 24.8 Å². The van der Waals surface area contributed by atoms with Crippen molar-refractivity contribution in [2.75, 3.05) is 32.9 Å². The van der Waals surface area contributed by atoms with Crippen LogP contribution in [0.1, 0.15) is 11.6 Å². The fourth-order valence-electron chi connectivity index (χ4n) is 2.16. The Morgan fingerprint density at radius 3 is 2.05 bits per heavy atom. The number of nitrogens with one attached hydrogen (secondary N) is 1. The molecule has 1 N–H and O–H groups in total. The maximum atomic E-state index is 13.1. The second kappa shape index (κ2) is 8.64. The summed E-state index contributed by atoms with van der Waals surface area (Å²) in [7, 11) is 0. The molecule has 19 heavy (non-hydrogen) atoms. The molecule has 1 aliphatic rings. The van der Waals surface area contributed by atoms with E-state index in [-0.39, 0.29) is 24.8 Å². The van der Waals surface area contributed by atoms with Gasteiger partial charge in [0.05, 0.1) is 6.04 Å². The zero-order chi connectivity index (χ0) is 12.3. The van der Waals surface area contributed by atoms with E-state index >= 15 is 0 Å². The largest absolute Gasteiger partial charge is 0.314 e. The van der Waals surface area contributed by atoms with Crippen LogP contribution in [-0.4, -0.2) is 37.8 Å². The normalized spacial score (nSPS) is 17.2. The Hall–Kier alpha value is -0.490. The average molecular weight is 317 g/mol. The Bertz CT molecular complexity index is 367. The topological polar surface area (TPSA) is 15.3 Å². The van der Waals surface area contributed by atoms with Crippen LogP contribution >= 0.6 is 24.8 Å².